The number of ether oxygens (including phenoxy) is 1. The number of benzene rings is 2. The molecular formula is C18H16N4O3. The third-order valence-corrected chi connectivity index (χ3v) is 3.34. The van der Waals surface area contributed by atoms with Gasteiger partial charge in [0.25, 0.3) is 11.8 Å². The number of carbonyl (C=O) groups is 2. The highest BCUT2D eigenvalue weighted by molar-refractivity contribution is 6.04. The van der Waals surface area contributed by atoms with Crippen molar-refractivity contribution in [2.75, 3.05) is 11.9 Å². The van der Waals surface area contributed by atoms with Crippen molar-refractivity contribution in [3.05, 3.63) is 72.6 Å². The third kappa shape index (κ3) is 4.23. The van der Waals surface area contributed by atoms with Gasteiger partial charge in [-0.2, -0.15) is 5.10 Å². The Morgan fingerprint density at radius 1 is 1.12 bits per heavy atom. The third-order valence-electron chi connectivity index (χ3n) is 3.34. The molecule has 0 radical (unpaired) electrons. The zero-order valence-electron chi connectivity index (χ0n) is 13.3. The van der Waals surface area contributed by atoms with Gasteiger partial charge in [-0.05, 0) is 30.3 Å². The fourth-order valence-corrected chi connectivity index (χ4v) is 2.19. The van der Waals surface area contributed by atoms with Gasteiger partial charge in [0.15, 0.2) is 6.61 Å². The lowest BCUT2D eigenvalue weighted by molar-refractivity contribution is -0.119. The van der Waals surface area contributed by atoms with Gasteiger partial charge >= 0.3 is 0 Å². The molecule has 7 heteroatoms. The summed E-state index contributed by atoms with van der Waals surface area (Å²) in [5.41, 5.74) is 6.90. The maximum absolute atomic E-state index is 12.4. The maximum atomic E-state index is 12.4. The van der Waals surface area contributed by atoms with Gasteiger partial charge in [-0.25, -0.2) is 4.68 Å². The van der Waals surface area contributed by atoms with E-state index in [2.05, 4.69) is 10.4 Å². The van der Waals surface area contributed by atoms with E-state index in [1.165, 1.54) is 0 Å². The van der Waals surface area contributed by atoms with Gasteiger partial charge in [0, 0.05) is 5.56 Å². The number of para-hydroxylation sites is 1. The van der Waals surface area contributed by atoms with Crippen molar-refractivity contribution in [3.8, 4) is 11.4 Å². The molecule has 0 spiro atoms. The van der Waals surface area contributed by atoms with Crippen LogP contribution >= 0.6 is 0 Å². The Morgan fingerprint density at radius 2 is 1.92 bits per heavy atom. The molecule has 0 saturated carbocycles. The molecule has 3 N–H and O–H groups in total. The highest BCUT2D eigenvalue weighted by atomic mass is 16.5. The average molecular weight is 336 g/mol. The lowest BCUT2D eigenvalue weighted by Gasteiger charge is -2.06. The van der Waals surface area contributed by atoms with Gasteiger partial charge in [0.05, 0.1) is 23.8 Å². The molecule has 2 aromatic carbocycles. The molecule has 1 aromatic heterocycles. The second-order valence-electron chi connectivity index (χ2n) is 5.25. The standard InChI is InChI=1S/C18H16N4O3/c19-17(23)12-25-16-8-4-5-13(9-16)18(24)21-14-10-20-22(11-14)15-6-2-1-3-7-15/h1-11H,12H2,(H2,19,23)(H,21,24). The van der Waals surface area contributed by atoms with Gasteiger partial charge in [0.1, 0.15) is 5.75 Å². The Hall–Kier alpha value is -3.61. The van der Waals surface area contributed by atoms with E-state index in [0.29, 0.717) is 17.0 Å². The van der Waals surface area contributed by atoms with Crippen LogP contribution in [0.5, 0.6) is 5.75 Å². The number of nitrogens with two attached hydrogens (primary N) is 1. The number of hydrogen-bond donors (Lipinski definition) is 2. The van der Waals surface area contributed by atoms with Crippen LogP contribution in [0.2, 0.25) is 0 Å². The normalized spacial score (nSPS) is 10.2. The van der Waals surface area contributed by atoms with Crippen LogP contribution in [0.4, 0.5) is 5.69 Å². The quantitative estimate of drug-likeness (QED) is 0.719. The van der Waals surface area contributed by atoms with Gasteiger partial charge in [-0.3, -0.25) is 9.59 Å². The van der Waals surface area contributed by atoms with E-state index < -0.39 is 5.91 Å². The molecule has 0 aliphatic rings. The summed E-state index contributed by atoms with van der Waals surface area (Å²) < 4.78 is 6.87. The number of carbonyl (C=O) groups excluding carboxylic acids is 2. The number of primary amides is 1. The number of amides is 2. The van der Waals surface area contributed by atoms with Crippen LogP contribution in [0.3, 0.4) is 0 Å². The summed E-state index contributed by atoms with van der Waals surface area (Å²) >= 11 is 0. The molecule has 3 aromatic rings. The van der Waals surface area contributed by atoms with Crippen molar-refractivity contribution in [2.24, 2.45) is 5.73 Å². The SMILES string of the molecule is NC(=O)COc1cccc(C(=O)Nc2cnn(-c3ccccc3)c2)c1. The van der Waals surface area contributed by atoms with Crippen molar-refractivity contribution in [1.82, 2.24) is 9.78 Å². The number of anilines is 1. The summed E-state index contributed by atoms with van der Waals surface area (Å²) in [4.78, 5) is 23.1. The van der Waals surface area contributed by atoms with Crippen LogP contribution in [0.1, 0.15) is 10.4 Å². The summed E-state index contributed by atoms with van der Waals surface area (Å²) in [6, 6.07) is 16.1. The molecule has 0 aliphatic heterocycles. The first-order valence-corrected chi connectivity index (χ1v) is 7.54. The first-order valence-electron chi connectivity index (χ1n) is 7.54. The predicted molar refractivity (Wildman–Crippen MR) is 92.6 cm³/mol. The highest BCUT2D eigenvalue weighted by Gasteiger charge is 2.09. The minimum absolute atomic E-state index is 0.241. The molecule has 0 aliphatic carbocycles. The molecule has 3 rings (SSSR count). The summed E-state index contributed by atoms with van der Waals surface area (Å²) in [5, 5.41) is 7.00. The lowest BCUT2D eigenvalue weighted by atomic mass is 10.2. The minimum Gasteiger partial charge on any atom is -0.484 e. The van der Waals surface area contributed by atoms with Crippen molar-refractivity contribution < 1.29 is 14.3 Å². The Bertz CT molecular complexity index is 890. The summed E-state index contributed by atoms with van der Waals surface area (Å²) in [7, 11) is 0. The molecule has 1 heterocycles. The second kappa shape index (κ2) is 7.31. The first kappa shape index (κ1) is 16.3. The first-order chi connectivity index (χ1) is 12.1. The van der Waals surface area contributed by atoms with Crippen molar-refractivity contribution in [2.45, 2.75) is 0 Å². The van der Waals surface area contributed by atoms with E-state index in [9.17, 15) is 9.59 Å². The van der Waals surface area contributed by atoms with Crippen LogP contribution in [0.25, 0.3) is 5.69 Å². The van der Waals surface area contributed by atoms with E-state index >= 15 is 0 Å². The van der Waals surface area contributed by atoms with Crippen molar-refractivity contribution in [3.63, 3.8) is 0 Å². The van der Waals surface area contributed by atoms with Crippen LogP contribution in [-0.4, -0.2) is 28.2 Å². The van der Waals surface area contributed by atoms with Crippen LogP contribution in [0, 0.1) is 0 Å². The molecule has 2 amide bonds. The maximum Gasteiger partial charge on any atom is 0.255 e. The largest absolute Gasteiger partial charge is 0.484 e. The molecule has 25 heavy (non-hydrogen) atoms. The fourth-order valence-electron chi connectivity index (χ4n) is 2.19. The van der Waals surface area contributed by atoms with Gasteiger partial charge in [-0.1, -0.05) is 24.3 Å². The smallest absolute Gasteiger partial charge is 0.255 e. The molecule has 0 saturated heterocycles. The van der Waals surface area contributed by atoms with Crippen molar-refractivity contribution in [1.29, 1.82) is 0 Å². The van der Waals surface area contributed by atoms with Crippen LogP contribution in [0.15, 0.2) is 67.0 Å². The highest BCUT2D eigenvalue weighted by Crippen LogP contribution is 2.16. The van der Waals surface area contributed by atoms with Crippen molar-refractivity contribution >= 4 is 17.5 Å². The molecule has 0 unspecified atom stereocenters. The number of rotatable bonds is 6. The molecule has 126 valence electrons. The summed E-state index contributed by atoms with van der Waals surface area (Å²) in [5.74, 6) is -0.494. The van der Waals surface area contributed by atoms with Crippen LogP contribution in [-0.2, 0) is 4.79 Å². The zero-order valence-corrected chi connectivity index (χ0v) is 13.3. The minimum atomic E-state index is -0.580. The van der Waals surface area contributed by atoms with Gasteiger partial charge in [0.2, 0.25) is 0 Å². The molecule has 0 fully saturated rings. The number of hydrogen-bond acceptors (Lipinski definition) is 4. The topological polar surface area (TPSA) is 99.2 Å². The van der Waals surface area contributed by atoms with E-state index in [4.69, 9.17) is 10.5 Å². The molecule has 0 atom stereocenters. The number of aromatic nitrogens is 2. The fraction of sp³-hybridized carbons (Fsp3) is 0.0556. The zero-order chi connectivity index (χ0) is 17.6. The number of nitrogens with zero attached hydrogens (tertiary/aromatic N) is 2. The second-order valence-corrected chi connectivity index (χ2v) is 5.25. The monoisotopic (exact) mass is 336 g/mol. The number of nitrogens with one attached hydrogen (secondary N) is 1. The van der Waals surface area contributed by atoms with E-state index in [0.717, 1.165) is 5.69 Å². The van der Waals surface area contributed by atoms with E-state index in [1.54, 1.807) is 41.3 Å². The van der Waals surface area contributed by atoms with Gasteiger partial charge < -0.3 is 15.8 Å². The summed E-state index contributed by atoms with van der Waals surface area (Å²) in [6.07, 6.45) is 3.29. The Morgan fingerprint density at radius 3 is 2.68 bits per heavy atom. The Balaban J connectivity index is 1.69. The molecular weight excluding hydrogens is 320 g/mol. The Labute approximate surface area is 144 Å². The van der Waals surface area contributed by atoms with E-state index in [-0.39, 0.29) is 12.5 Å². The summed E-state index contributed by atoms with van der Waals surface area (Å²) in [6.45, 7) is -0.241. The van der Waals surface area contributed by atoms with E-state index in [1.807, 2.05) is 30.3 Å². The van der Waals surface area contributed by atoms with Gasteiger partial charge in [-0.15, -0.1) is 0 Å². The lowest BCUT2D eigenvalue weighted by Crippen LogP contribution is -2.20. The average Bonchev–Trinajstić information content (AvgIpc) is 3.09. The molecule has 7 nitrogen and oxygen atoms in total. The Kier molecular flexibility index (Phi) is 4.75. The predicted octanol–water partition coefficient (Wildman–Crippen LogP) is 1.99. The van der Waals surface area contributed by atoms with Crippen LogP contribution < -0.4 is 15.8 Å². The molecule has 0 bridgehead atoms.